The Morgan fingerprint density at radius 1 is 1.16 bits per heavy atom. The molecule has 0 aromatic heterocycles. The van der Waals surface area contributed by atoms with Gasteiger partial charge >= 0.3 is 0 Å². The number of benzene rings is 1. The summed E-state index contributed by atoms with van der Waals surface area (Å²) in [6.07, 6.45) is 0. The van der Waals surface area contributed by atoms with E-state index in [1.165, 1.54) is 16.8 Å². The topological polar surface area (TPSA) is 35.6 Å². The number of anilines is 1. The minimum atomic E-state index is 0.247. The van der Waals surface area contributed by atoms with Crippen molar-refractivity contribution in [3.05, 3.63) is 29.3 Å². The van der Waals surface area contributed by atoms with Gasteiger partial charge in [-0.1, -0.05) is 6.07 Å². The van der Waals surface area contributed by atoms with Crippen LogP contribution in [0.1, 0.15) is 11.1 Å². The molecule has 1 unspecified atom stereocenters. The molecule has 1 atom stereocenters. The summed E-state index contributed by atoms with van der Waals surface area (Å²) in [6.45, 7) is 8.40. The van der Waals surface area contributed by atoms with Crippen LogP contribution in [0.4, 0.5) is 5.69 Å². The molecule has 1 aromatic rings. The number of amides is 1. The monoisotopic (exact) mass is 259 g/mol. The smallest absolute Gasteiger partial charge is 0.236 e. The predicted octanol–water partition coefficient (Wildman–Crippen LogP) is 0.924. The molecule has 0 saturated carbocycles. The summed E-state index contributed by atoms with van der Waals surface area (Å²) >= 11 is 0. The molecule has 19 heavy (non-hydrogen) atoms. The summed E-state index contributed by atoms with van der Waals surface area (Å²) in [7, 11) is 0. The van der Waals surface area contributed by atoms with Crippen LogP contribution in [0, 0.1) is 13.8 Å². The molecule has 102 valence electrons. The first kappa shape index (κ1) is 12.5. The molecule has 0 spiro atoms. The maximum atomic E-state index is 11.8. The Kier molecular flexibility index (Phi) is 3.19. The first-order valence-corrected chi connectivity index (χ1v) is 6.97. The Morgan fingerprint density at radius 3 is 2.63 bits per heavy atom. The van der Waals surface area contributed by atoms with Gasteiger partial charge in [-0.25, -0.2) is 0 Å². The van der Waals surface area contributed by atoms with Crippen molar-refractivity contribution in [1.82, 2.24) is 10.2 Å². The highest BCUT2D eigenvalue weighted by Gasteiger charge is 2.33. The van der Waals surface area contributed by atoms with E-state index in [1.54, 1.807) is 0 Å². The zero-order chi connectivity index (χ0) is 13.4. The molecule has 2 saturated heterocycles. The van der Waals surface area contributed by atoms with Gasteiger partial charge in [-0.15, -0.1) is 0 Å². The van der Waals surface area contributed by atoms with Crippen LogP contribution in [0.5, 0.6) is 0 Å². The molecule has 2 aliphatic heterocycles. The number of hydrogen-bond acceptors (Lipinski definition) is 3. The highest BCUT2D eigenvalue weighted by Crippen LogP contribution is 2.22. The Labute approximate surface area is 114 Å². The third kappa shape index (κ3) is 2.45. The van der Waals surface area contributed by atoms with E-state index in [4.69, 9.17) is 0 Å². The number of fused-ring (bicyclic) bond motifs is 1. The fraction of sp³-hybridized carbons (Fsp3) is 0.533. The van der Waals surface area contributed by atoms with Crippen LogP contribution in [0.2, 0.25) is 0 Å². The fourth-order valence-corrected chi connectivity index (χ4v) is 3.17. The number of piperazine rings is 2. The van der Waals surface area contributed by atoms with E-state index in [2.05, 4.69) is 42.3 Å². The third-order valence-electron chi connectivity index (χ3n) is 4.03. The van der Waals surface area contributed by atoms with Crippen molar-refractivity contribution < 1.29 is 4.79 Å². The average molecular weight is 259 g/mol. The Hall–Kier alpha value is -1.55. The molecule has 2 aliphatic rings. The van der Waals surface area contributed by atoms with Crippen molar-refractivity contribution in [2.75, 3.05) is 37.6 Å². The maximum absolute atomic E-state index is 11.8. The van der Waals surface area contributed by atoms with Gasteiger partial charge < -0.3 is 15.1 Å². The second-order valence-corrected chi connectivity index (χ2v) is 5.66. The molecule has 3 rings (SSSR count). The number of carbonyl (C=O) groups is 1. The van der Waals surface area contributed by atoms with Crippen LogP contribution in [0.3, 0.4) is 0 Å². The summed E-state index contributed by atoms with van der Waals surface area (Å²) in [4.78, 5) is 16.3. The number of aryl methyl sites for hydroxylation is 2. The molecule has 0 radical (unpaired) electrons. The summed E-state index contributed by atoms with van der Waals surface area (Å²) < 4.78 is 0. The largest absolute Gasteiger partial charge is 0.368 e. The van der Waals surface area contributed by atoms with E-state index in [9.17, 15) is 4.79 Å². The van der Waals surface area contributed by atoms with E-state index in [1.807, 2.05) is 4.90 Å². The lowest BCUT2D eigenvalue weighted by atomic mass is 10.1. The fourth-order valence-electron chi connectivity index (χ4n) is 3.17. The zero-order valence-corrected chi connectivity index (χ0v) is 11.6. The first-order chi connectivity index (χ1) is 9.13. The van der Waals surface area contributed by atoms with Crippen molar-refractivity contribution in [2.45, 2.75) is 19.9 Å². The van der Waals surface area contributed by atoms with Gasteiger partial charge in [-0.3, -0.25) is 4.79 Å². The van der Waals surface area contributed by atoms with Crippen LogP contribution in [-0.4, -0.2) is 49.6 Å². The lowest BCUT2D eigenvalue weighted by molar-refractivity contribution is -0.135. The summed E-state index contributed by atoms with van der Waals surface area (Å²) in [5.41, 5.74) is 3.89. The van der Waals surface area contributed by atoms with E-state index in [0.29, 0.717) is 12.6 Å². The van der Waals surface area contributed by atoms with E-state index in [0.717, 1.165) is 26.2 Å². The second-order valence-electron chi connectivity index (χ2n) is 5.66. The van der Waals surface area contributed by atoms with Crippen LogP contribution in [0.25, 0.3) is 0 Å². The lowest BCUT2D eigenvalue weighted by Gasteiger charge is -2.45. The molecule has 0 aliphatic carbocycles. The van der Waals surface area contributed by atoms with E-state index in [-0.39, 0.29) is 5.91 Å². The second kappa shape index (κ2) is 4.85. The van der Waals surface area contributed by atoms with E-state index < -0.39 is 0 Å². The summed E-state index contributed by atoms with van der Waals surface area (Å²) in [5.74, 6) is 0.247. The zero-order valence-electron chi connectivity index (χ0n) is 11.6. The van der Waals surface area contributed by atoms with Gasteiger partial charge in [0, 0.05) is 31.9 Å². The normalized spacial score (nSPS) is 23.5. The van der Waals surface area contributed by atoms with Crippen LogP contribution in [-0.2, 0) is 4.79 Å². The average Bonchev–Trinajstić information content (AvgIpc) is 2.37. The number of hydrogen-bond donors (Lipinski definition) is 1. The van der Waals surface area contributed by atoms with Gasteiger partial charge in [0.05, 0.1) is 12.6 Å². The molecule has 2 fully saturated rings. The van der Waals surface area contributed by atoms with Gasteiger partial charge in [-0.2, -0.15) is 0 Å². The molecule has 4 nitrogen and oxygen atoms in total. The number of nitrogens with one attached hydrogen (secondary N) is 1. The lowest BCUT2D eigenvalue weighted by Crippen LogP contribution is -2.63. The molecular weight excluding hydrogens is 238 g/mol. The number of nitrogens with zero attached hydrogens (tertiary/aromatic N) is 2. The van der Waals surface area contributed by atoms with Crippen molar-refractivity contribution in [2.24, 2.45) is 0 Å². The first-order valence-electron chi connectivity index (χ1n) is 6.97. The Bertz CT molecular complexity index is 480. The van der Waals surface area contributed by atoms with Gasteiger partial charge in [0.2, 0.25) is 5.91 Å². The van der Waals surface area contributed by atoms with E-state index >= 15 is 0 Å². The van der Waals surface area contributed by atoms with Crippen molar-refractivity contribution in [3.63, 3.8) is 0 Å². The van der Waals surface area contributed by atoms with Gasteiger partial charge in [0.15, 0.2) is 0 Å². The minimum absolute atomic E-state index is 0.247. The SMILES string of the molecule is Cc1cc(C)cc(N2CCN3C(=O)CNCC3C2)c1. The summed E-state index contributed by atoms with van der Waals surface area (Å²) in [6, 6.07) is 6.99. The van der Waals surface area contributed by atoms with Gasteiger partial charge in [0.25, 0.3) is 0 Å². The Morgan fingerprint density at radius 2 is 1.89 bits per heavy atom. The van der Waals surface area contributed by atoms with Crippen molar-refractivity contribution in [3.8, 4) is 0 Å². The van der Waals surface area contributed by atoms with Crippen LogP contribution in [0.15, 0.2) is 18.2 Å². The quantitative estimate of drug-likeness (QED) is 0.815. The van der Waals surface area contributed by atoms with Gasteiger partial charge in [-0.05, 0) is 37.1 Å². The molecule has 0 bridgehead atoms. The van der Waals surface area contributed by atoms with Crippen LogP contribution >= 0.6 is 0 Å². The number of carbonyl (C=O) groups excluding carboxylic acids is 1. The minimum Gasteiger partial charge on any atom is -0.368 e. The third-order valence-corrected chi connectivity index (χ3v) is 4.03. The highest BCUT2D eigenvalue weighted by molar-refractivity contribution is 5.80. The predicted molar refractivity (Wildman–Crippen MR) is 76.5 cm³/mol. The molecule has 2 heterocycles. The van der Waals surface area contributed by atoms with Crippen molar-refractivity contribution >= 4 is 11.6 Å². The standard InChI is InChI=1S/C15H21N3O/c1-11-5-12(2)7-13(6-11)17-3-4-18-14(10-17)8-16-9-15(18)19/h5-7,14,16H,3-4,8-10H2,1-2H3. The maximum Gasteiger partial charge on any atom is 0.236 e. The molecule has 1 N–H and O–H groups in total. The summed E-state index contributed by atoms with van der Waals surface area (Å²) in [5, 5.41) is 3.21. The van der Waals surface area contributed by atoms with Gasteiger partial charge in [0.1, 0.15) is 0 Å². The molecule has 1 amide bonds. The molecular formula is C15H21N3O. The highest BCUT2D eigenvalue weighted by atomic mass is 16.2. The molecule has 1 aromatic carbocycles. The Balaban J connectivity index is 1.79. The number of rotatable bonds is 1. The van der Waals surface area contributed by atoms with Crippen LogP contribution < -0.4 is 10.2 Å². The molecule has 4 heteroatoms. The van der Waals surface area contributed by atoms with Crippen molar-refractivity contribution in [1.29, 1.82) is 0 Å².